The maximum Gasteiger partial charge on any atom is 0.126 e. The van der Waals surface area contributed by atoms with Crippen LogP contribution in [0.15, 0.2) is 60.7 Å². The largest absolute Gasteiger partial charge is 0.507 e. The second-order valence-electron chi connectivity index (χ2n) is 10.7. The molecule has 4 aromatic rings. The van der Waals surface area contributed by atoms with Crippen LogP contribution in [0, 0.1) is 22.7 Å². The van der Waals surface area contributed by atoms with Gasteiger partial charge in [-0.2, -0.15) is 10.5 Å². The first-order valence-corrected chi connectivity index (χ1v) is 14.4. The molecule has 0 atom stereocenters. The molecule has 8 bridgehead atoms. The molecule has 4 aromatic carbocycles. The molecule has 8 nitrogen and oxygen atoms in total. The second kappa shape index (κ2) is 14.0. The van der Waals surface area contributed by atoms with Crippen LogP contribution >= 0.6 is 0 Å². The first-order chi connectivity index (χ1) is 21.4. The summed E-state index contributed by atoms with van der Waals surface area (Å²) < 4.78 is 22.9. The third-order valence-electron chi connectivity index (χ3n) is 7.74. The highest BCUT2D eigenvalue weighted by Crippen LogP contribution is 2.38. The fourth-order valence-electron chi connectivity index (χ4n) is 5.67. The average molecular weight is 591 g/mol. The number of methoxy groups -OCH3 is 2. The van der Waals surface area contributed by atoms with Crippen LogP contribution in [-0.4, -0.2) is 50.9 Å². The van der Waals surface area contributed by atoms with Crippen LogP contribution in [0.4, 0.5) is 0 Å². The standard InChI is InChI=1S/C36H34N2O6/c1-41-9-11-43-35-25-5-3-6-26(35)18-30-14-24(22-38)16-32(34(30)40)20-28-8-4-7-27(36(28)44-12-10-42-2)19-31-15-23(21-37)13-29(17-25)33(31)39/h3-8,13-16,39-40H,9-12,17-20H2,1-2H3. The number of phenols is 2. The lowest BCUT2D eigenvalue weighted by Gasteiger charge is -2.21. The van der Waals surface area contributed by atoms with E-state index in [2.05, 4.69) is 12.1 Å². The number of para-hydroxylation sites is 2. The Labute approximate surface area is 257 Å². The molecule has 1 aliphatic carbocycles. The van der Waals surface area contributed by atoms with E-state index < -0.39 is 0 Å². The van der Waals surface area contributed by atoms with Crippen LogP contribution in [0.5, 0.6) is 23.0 Å². The predicted molar refractivity (Wildman–Crippen MR) is 164 cm³/mol. The van der Waals surface area contributed by atoms with Crippen molar-refractivity contribution in [1.29, 1.82) is 10.5 Å². The van der Waals surface area contributed by atoms with Crippen molar-refractivity contribution < 1.29 is 29.2 Å². The Hall–Kier alpha value is -5.02. The molecule has 0 saturated carbocycles. The van der Waals surface area contributed by atoms with Crippen molar-refractivity contribution in [3.8, 4) is 35.1 Å². The molecule has 0 aromatic heterocycles. The SMILES string of the molecule is COCCOc1c2cccc1Cc1cc(C#N)cc(c1O)Cc1cccc(c1OCCOC)Cc1cc(C#N)cc(c1O)C2. The molecule has 0 radical (unpaired) electrons. The lowest BCUT2D eigenvalue weighted by Crippen LogP contribution is -2.10. The van der Waals surface area contributed by atoms with Gasteiger partial charge in [-0.25, -0.2) is 0 Å². The quantitative estimate of drug-likeness (QED) is 0.225. The van der Waals surface area contributed by atoms with E-state index in [1.165, 1.54) is 0 Å². The van der Waals surface area contributed by atoms with Crippen molar-refractivity contribution in [2.24, 2.45) is 0 Å². The number of rotatable bonds is 8. The Kier molecular flexibility index (Phi) is 9.66. The topological polar surface area (TPSA) is 125 Å². The zero-order chi connectivity index (χ0) is 31.1. The number of nitrogens with zero attached hydrogens (tertiary/aromatic N) is 2. The summed E-state index contributed by atoms with van der Waals surface area (Å²) >= 11 is 0. The van der Waals surface area contributed by atoms with Crippen LogP contribution in [0.1, 0.15) is 55.6 Å². The maximum atomic E-state index is 11.6. The number of hydrogen-bond acceptors (Lipinski definition) is 8. The van der Waals surface area contributed by atoms with Gasteiger partial charge in [0.2, 0.25) is 0 Å². The van der Waals surface area contributed by atoms with Gasteiger partial charge in [0.05, 0.1) is 36.5 Å². The lowest BCUT2D eigenvalue weighted by molar-refractivity contribution is 0.145. The number of aromatic hydroxyl groups is 2. The van der Waals surface area contributed by atoms with E-state index >= 15 is 0 Å². The van der Waals surface area contributed by atoms with Gasteiger partial charge in [0.15, 0.2) is 0 Å². The van der Waals surface area contributed by atoms with Gasteiger partial charge in [-0.3, -0.25) is 0 Å². The Morgan fingerprint density at radius 1 is 0.545 bits per heavy atom. The lowest BCUT2D eigenvalue weighted by atomic mass is 9.90. The number of benzene rings is 4. The Balaban J connectivity index is 1.75. The van der Waals surface area contributed by atoms with E-state index in [-0.39, 0.29) is 11.5 Å². The van der Waals surface area contributed by atoms with E-state index in [1.807, 2.05) is 36.4 Å². The molecule has 2 N–H and O–H groups in total. The minimum atomic E-state index is 0.110. The third kappa shape index (κ3) is 6.63. The van der Waals surface area contributed by atoms with Crippen LogP contribution in [-0.2, 0) is 35.2 Å². The third-order valence-corrected chi connectivity index (χ3v) is 7.74. The van der Waals surface area contributed by atoms with Gasteiger partial charge in [-0.1, -0.05) is 36.4 Å². The van der Waals surface area contributed by atoms with Gasteiger partial charge in [0.25, 0.3) is 0 Å². The number of ether oxygens (including phenoxy) is 4. The Morgan fingerprint density at radius 3 is 1.14 bits per heavy atom. The van der Waals surface area contributed by atoms with Gasteiger partial charge in [0, 0.05) is 39.9 Å². The van der Waals surface area contributed by atoms with Crippen molar-refractivity contribution >= 4 is 0 Å². The zero-order valence-electron chi connectivity index (χ0n) is 24.9. The molecule has 224 valence electrons. The molecule has 1 aliphatic rings. The number of fused-ring (bicyclic) bond motifs is 8. The summed E-state index contributed by atoms with van der Waals surface area (Å²) in [6.07, 6.45) is 1.21. The van der Waals surface area contributed by atoms with Crippen molar-refractivity contribution in [3.05, 3.63) is 116 Å². The Morgan fingerprint density at radius 2 is 0.864 bits per heavy atom. The fourth-order valence-corrected chi connectivity index (χ4v) is 5.67. The minimum absolute atomic E-state index is 0.110. The Bertz CT molecular complexity index is 1530. The molecular weight excluding hydrogens is 556 g/mol. The van der Waals surface area contributed by atoms with Crippen molar-refractivity contribution in [2.75, 3.05) is 40.6 Å². The van der Waals surface area contributed by atoms with E-state index in [0.29, 0.717) is 97.0 Å². The molecule has 0 unspecified atom stereocenters. The molecule has 0 saturated heterocycles. The summed E-state index contributed by atoms with van der Waals surface area (Å²) in [6, 6.07) is 22.8. The van der Waals surface area contributed by atoms with Crippen LogP contribution in [0.3, 0.4) is 0 Å². The van der Waals surface area contributed by atoms with Gasteiger partial charge in [-0.05, 0) is 68.8 Å². The summed E-state index contributed by atoms with van der Waals surface area (Å²) in [5.74, 6) is 1.45. The van der Waals surface area contributed by atoms with Gasteiger partial charge >= 0.3 is 0 Å². The fraction of sp³-hybridized carbons (Fsp3) is 0.278. The predicted octanol–water partition coefficient (Wildman–Crippen LogP) is 5.57. The molecule has 44 heavy (non-hydrogen) atoms. The number of hydrogen-bond donors (Lipinski definition) is 2. The summed E-state index contributed by atoms with van der Waals surface area (Å²) in [7, 11) is 3.20. The van der Waals surface area contributed by atoms with Crippen LogP contribution in [0.25, 0.3) is 0 Å². The molecule has 0 fully saturated rings. The first-order valence-electron chi connectivity index (χ1n) is 14.4. The first kappa shape index (κ1) is 30.4. The van der Waals surface area contributed by atoms with Crippen molar-refractivity contribution in [1.82, 2.24) is 0 Å². The van der Waals surface area contributed by atoms with E-state index in [0.717, 1.165) is 22.3 Å². The normalized spacial score (nSPS) is 12.2. The molecule has 8 heteroatoms. The average Bonchev–Trinajstić information content (AvgIpc) is 3.02. The maximum absolute atomic E-state index is 11.6. The second-order valence-corrected chi connectivity index (χ2v) is 10.7. The molecule has 0 aliphatic heterocycles. The number of nitriles is 2. The summed E-state index contributed by atoms with van der Waals surface area (Å²) in [5.41, 5.74) is 6.48. The molecule has 0 amide bonds. The summed E-state index contributed by atoms with van der Waals surface area (Å²) in [4.78, 5) is 0. The van der Waals surface area contributed by atoms with E-state index in [4.69, 9.17) is 18.9 Å². The van der Waals surface area contributed by atoms with Crippen molar-refractivity contribution in [3.63, 3.8) is 0 Å². The molecule has 0 spiro atoms. The van der Waals surface area contributed by atoms with Gasteiger partial charge < -0.3 is 29.2 Å². The smallest absolute Gasteiger partial charge is 0.126 e. The molecule has 0 heterocycles. The number of phenolic OH excluding ortho intramolecular Hbond substituents is 2. The van der Waals surface area contributed by atoms with Gasteiger partial charge in [-0.15, -0.1) is 0 Å². The minimum Gasteiger partial charge on any atom is -0.507 e. The molecule has 5 rings (SSSR count). The summed E-state index contributed by atoms with van der Waals surface area (Å²) in [6.45, 7) is 1.34. The van der Waals surface area contributed by atoms with E-state index in [9.17, 15) is 20.7 Å². The van der Waals surface area contributed by atoms with Crippen LogP contribution in [0.2, 0.25) is 0 Å². The highest BCUT2D eigenvalue weighted by Gasteiger charge is 2.21. The van der Waals surface area contributed by atoms with Crippen LogP contribution < -0.4 is 9.47 Å². The highest BCUT2D eigenvalue weighted by atomic mass is 16.5. The summed E-state index contributed by atoms with van der Waals surface area (Å²) in [5, 5.41) is 42.9. The van der Waals surface area contributed by atoms with Gasteiger partial charge in [0.1, 0.15) is 36.2 Å². The zero-order valence-corrected chi connectivity index (χ0v) is 24.9. The van der Waals surface area contributed by atoms with E-state index in [1.54, 1.807) is 38.5 Å². The highest BCUT2D eigenvalue weighted by molar-refractivity contribution is 5.58. The monoisotopic (exact) mass is 590 g/mol. The molecular formula is C36H34N2O6. The van der Waals surface area contributed by atoms with Crippen molar-refractivity contribution in [2.45, 2.75) is 25.7 Å².